The van der Waals surface area contributed by atoms with Gasteiger partial charge in [0.2, 0.25) is 0 Å². The maximum absolute atomic E-state index is 10.7. The van der Waals surface area contributed by atoms with E-state index in [9.17, 15) is 4.79 Å². The highest BCUT2D eigenvalue weighted by Crippen LogP contribution is 2.28. The third kappa shape index (κ3) is 2.35. The zero-order valence-corrected chi connectivity index (χ0v) is 10.9. The Morgan fingerprint density at radius 1 is 0.889 bits per heavy atom. The normalized spacial score (nSPS) is 10.3. The number of carbonyl (C=O) groups is 1. The zero-order chi connectivity index (χ0) is 13.0. The van der Waals surface area contributed by atoms with Crippen LogP contribution in [0.5, 0.6) is 0 Å². The van der Waals surface area contributed by atoms with Gasteiger partial charge in [-0.05, 0) is 35.1 Å². The van der Waals surface area contributed by atoms with Crippen LogP contribution in [-0.2, 0) is 12.8 Å². The van der Waals surface area contributed by atoms with Gasteiger partial charge in [-0.2, -0.15) is 0 Å². The standard InChI is InChI=1S/C17H18O/c1-3-14-6-5-7-15(4-2)17(14)16-10-8-13(12-18)9-11-16/h5-12H,3-4H2,1-2H3. The van der Waals surface area contributed by atoms with E-state index in [0.717, 1.165) is 24.7 Å². The van der Waals surface area contributed by atoms with Crippen molar-refractivity contribution in [2.75, 3.05) is 0 Å². The SMILES string of the molecule is CCc1cccc(CC)c1-c1ccc(C=O)cc1. The zero-order valence-electron chi connectivity index (χ0n) is 10.9. The summed E-state index contributed by atoms with van der Waals surface area (Å²) in [6.07, 6.45) is 2.94. The molecule has 2 rings (SSSR count). The van der Waals surface area contributed by atoms with Crippen molar-refractivity contribution in [1.82, 2.24) is 0 Å². The molecular formula is C17H18O. The van der Waals surface area contributed by atoms with Gasteiger partial charge in [0.05, 0.1) is 0 Å². The van der Waals surface area contributed by atoms with Gasteiger partial charge in [0.1, 0.15) is 6.29 Å². The van der Waals surface area contributed by atoms with Gasteiger partial charge in [-0.3, -0.25) is 4.79 Å². The molecule has 0 aromatic heterocycles. The molecule has 0 unspecified atom stereocenters. The number of benzene rings is 2. The van der Waals surface area contributed by atoms with Crippen molar-refractivity contribution in [1.29, 1.82) is 0 Å². The smallest absolute Gasteiger partial charge is 0.150 e. The van der Waals surface area contributed by atoms with Gasteiger partial charge < -0.3 is 0 Å². The summed E-state index contributed by atoms with van der Waals surface area (Å²) >= 11 is 0. The molecule has 0 aliphatic heterocycles. The molecule has 18 heavy (non-hydrogen) atoms. The highest BCUT2D eigenvalue weighted by molar-refractivity contribution is 5.78. The molecule has 0 saturated heterocycles. The molecule has 0 fully saturated rings. The van der Waals surface area contributed by atoms with Crippen molar-refractivity contribution in [2.45, 2.75) is 26.7 Å². The molecule has 0 atom stereocenters. The fourth-order valence-electron chi connectivity index (χ4n) is 2.34. The van der Waals surface area contributed by atoms with Gasteiger partial charge in [-0.15, -0.1) is 0 Å². The molecule has 2 aromatic carbocycles. The van der Waals surface area contributed by atoms with Gasteiger partial charge in [0.25, 0.3) is 0 Å². The van der Waals surface area contributed by atoms with E-state index >= 15 is 0 Å². The van der Waals surface area contributed by atoms with Crippen molar-refractivity contribution >= 4 is 6.29 Å². The summed E-state index contributed by atoms with van der Waals surface area (Å²) < 4.78 is 0. The summed E-state index contributed by atoms with van der Waals surface area (Å²) in [4.78, 5) is 10.7. The molecular weight excluding hydrogens is 220 g/mol. The number of hydrogen-bond acceptors (Lipinski definition) is 1. The van der Waals surface area contributed by atoms with Crippen LogP contribution in [0.1, 0.15) is 35.3 Å². The van der Waals surface area contributed by atoms with Crippen LogP contribution in [0.2, 0.25) is 0 Å². The third-order valence-corrected chi connectivity index (χ3v) is 3.33. The van der Waals surface area contributed by atoms with Crippen molar-refractivity contribution in [3.8, 4) is 11.1 Å². The van der Waals surface area contributed by atoms with Crippen LogP contribution in [0.3, 0.4) is 0 Å². The van der Waals surface area contributed by atoms with Crippen LogP contribution in [0.4, 0.5) is 0 Å². The molecule has 92 valence electrons. The second-order valence-electron chi connectivity index (χ2n) is 4.40. The third-order valence-electron chi connectivity index (χ3n) is 3.33. The lowest BCUT2D eigenvalue weighted by Crippen LogP contribution is -1.94. The van der Waals surface area contributed by atoms with Crippen molar-refractivity contribution in [2.24, 2.45) is 0 Å². The van der Waals surface area contributed by atoms with Crippen LogP contribution in [0.25, 0.3) is 11.1 Å². The first-order chi connectivity index (χ1) is 8.80. The van der Waals surface area contributed by atoms with Crippen molar-refractivity contribution in [3.63, 3.8) is 0 Å². The minimum absolute atomic E-state index is 0.728. The average molecular weight is 238 g/mol. The Kier molecular flexibility index (Phi) is 3.93. The Morgan fingerprint density at radius 2 is 1.44 bits per heavy atom. The topological polar surface area (TPSA) is 17.1 Å². The minimum atomic E-state index is 0.728. The number of aryl methyl sites for hydroxylation is 2. The average Bonchev–Trinajstić information content (AvgIpc) is 2.46. The molecule has 1 heteroatoms. The maximum Gasteiger partial charge on any atom is 0.150 e. The fraction of sp³-hybridized carbons (Fsp3) is 0.235. The second kappa shape index (κ2) is 5.63. The number of carbonyl (C=O) groups excluding carboxylic acids is 1. The second-order valence-corrected chi connectivity index (χ2v) is 4.40. The molecule has 1 nitrogen and oxygen atoms in total. The first-order valence-corrected chi connectivity index (χ1v) is 6.46. The summed E-state index contributed by atoms with van der Waals surface area (Å²) in [5.41, 5.74) is 6.00. The Hall–Kier alpha value is -1.89. The van der Waals surface area contributed by atoms with Crippen LogP contribution in [0.15, 0.2) is 42.5 Å². The van der Waals surface area contributed by atoms with Gasteiger partial charge in [0.15, 0.2) is 0 Å². The molecule has 0 saturated carbocycles. The summed E-state index contributed by atoms with van der Waals surface area (Å²) in [7, 11) is 0. The fourth-order valence-corrected chi connectivity index (χ4v) is 2.34. The number of rotatable bonds is 4. The van der Waals surface area contributed by atoms with Gasteiger partial charge in [-0.1, -0.05) is 56.3 Å². The van der Waals surface area contributed by atoms with Crippen LogP contribution in [0, 0.1) is 0 Å². The van der Waals surface area contributed by atoms with Crippen LogP contribution >= 0.6 is 0 Å². The van der Waals surface area contributed by atoms with E-state index in [4.69, 9.17) is 0 Å². The first kappa shape index (κ1) is 12.6. The molecule has 2 aromatic rings. The predicted octanol–water partition coefficient (Wildman–Crippen LogP) is 4.29. The molecule has 0 heterocycles. The Morgan fingerprint density at radius 3 is 1.89 bits per heavy atom. The van der Waals surface area contributed by atoms with Gasteiger partial charge in [0, 0.05) is 5.56 Å². The van der Waals surface area contributed by atoms with E-state index in [1.165, 1.54) is 22.3 Å². The molecule has 0 amide bonds. The highest BCUT2D eigenvalue weighted by atomic mass is 16.1. The summed E-state index contributed by atoms with van der Waals surface area (Å²) in [5.74, 6) is 0. The van der Waals surface area contributed by atoms with Gasteiger partial charge in [-0.25, -0.2) is 0 Å². The van der Waals surface area contributed by atoms with E-state index in [2.05, 4.69) is 32.0 Å². The van der Waals surface area contributed by atoms with E-state index in [1.54, 1.807) is 0 Å². The molecule has 0 bridgehead atoms. The first-order valence-electron chi connectivity index (χ1n) is 6.46. The molecule has 0 spiro atoms. The van der Waals surface area contributed by atoms with Crippen LogP contribution < -0.4 is 0 Å². The monoisotopic (exact) mass is 238 g/mol. The van der Waals surface area contributed by atoms with E-state index < -0.39 is 0 Å². The Balaban J connectivity index is 2.56. The lowest BCUT2D eigenvalue weighted by atomic mass is 9.91. The molecule has 0 aliphatic carbocycles. The lowest BCUT2D eigenvalue weighted by Gasteiger charge is -2.13. The summed E-state index contributed by atoms with van der Waals surface area (Å²) in [6.45, 7) is 4.36. The van der Waals surface area contributed by atoms with Crippen molar-refractivity contribution in [3.05, 3.63) is 59.2 Å². The van der Waals surface area contributed by atoms with Crippen molar-refractivity contribution < 1.29 is 4.79 Å². The lowest BCUT2D eigenvalue weighted by molar-refractivity contribution is 0.112. The number of aldehydes is 1. The highest BCUT2D eigenvalue weighted by Gasteiger charge is 2.08. The predicted molar refractivity (Wildman–Crippen MR) is 76.0 cm³/mol. The van der Waals surface area contributed by atoms with E-state index in [-0.39, 0.29) is 0 Å². The van der Waals surface area contributed by atoms with Gasteiger partial charge >= 0.3 is 0 Å². The van der Waals surface area contributed by atoms with E-state index in [0.29, 0.717) is 0 Å². The molecule has 0 radical (unpaired) electrons. The molecule has 0 N–H and O–H groups in total. The maximum atomic E-state index is 10.7. The summed E-state index contributed by atoms with van der Waals surface area (Å²) in [5, 5.41) is 0. The minimum Gasteiger partial charge on any atom is -0.298 e. The van der Waals surface area contributed by atoms with Crippen LogP contribution in [-0.4, -0.2) is 6.29 Å². The summed E-state index contributed by atoms with van der Waals surface area (Å²) in [6, 6.07) is 14.3. The Bertz CT molecular complexity index is 516. The Labute approximate surface area is 108 Å². The number of hydrogen-bond donors (Lipinski definition) is 0. The largest absolute Gasteiger partial charge is 0.298 e. The van der Waals surface area contributed by atoms with E-state index in [1.807, 2.05) is 24.3 Å². The quantitative estimate of drug-likeness (QED) is 0.726. The molecule has 0 aliphatic rings.